The Labute approximate surface area is 267 Å². The van der Waals surface area contributed by atoms with E-state index in [4.69, 9.17) is 9.97 Å². The van der Waals surface area contributed by atoms with Crippen molar-refractivity contribution in [3.63, 3.8) is 0 Å². The summed E-state index contributed by atoms with van der Waals surface area (Å²) in [6.07, 6.45) is 7.02. The lowest BCUT2D eigenvalue weighted by Crippen LogP contribution is -1.94. The molecule has 0 fully saturated rings. The summed E-state index contributed by atoms with van der Waals surface area (Å²) in [5.74, 6) is 13.4. The van der Waals surface area contributed by atoms with Gasteiger partial charge in [-0.05, 0) is 84.9 Å². The maximum absolute atomic E-state index is 4.84. The molecule has 0 aliphatic rings. The summed E-state index contributed by atoms with van der Waals surface area (Å²) < 4.78 is 0. The average Bonchev–Trinajstić information content (AvgIpc) is 3.14. The largest absolute Gasteiger partial charge is 0.255 e. The van der Waals surface area contributed by atoms with E-state index < -0.39 is 0 Å². The van der Waals surface area contributed by atoms with Crippen molar-refractivity contribution in [1.82, 2.24) is 29.9 Å². The van der Waals surface area contributed by atoms with Gasteiger partial charge in [0.25, 0.3) is 0 Å². The molecule has 0 amide bonds. The molecule has 0 aliphatic heterocycles. The van der Waals surface area contributed by atoms with Gasteiger partial charge in [-0.25, -0.2) is 9.97 Å². The van der Waals surface area contributed by atoms with Gasteiger partial charge in [-0.3, -0.25) is 19.9 Å². The lowest BCUT2D eigenvalue weighted by atomic mass is 10.1. The van der Waals surface area contributed by atoms with Gasteiger partial charge in [-0.1, -0.05) is 60.1 Å². The Bertz CT molecular complexity index is 1970. The monoisotopic (exact) mass is 588 g/mol. The van der Waals surface area contributed by atoms with Gasteiger partial charge in [0.15, 0.2) is 0 Å². The van der Waals surface area contributed by atoms with E-state index in [0.29, 0.717) is 0 Å². The second kappa shape index (κ2) is 13.3. The molecular formula is C40H24N6. The summed E-state index contributed by atoms with van der Waals surface area (Å²) in [5, 5.41) is 0. The van der Waals surface area contributed by atoms with Crippen LogP contribution in [-0.4, -0.2) is 29.9 Å². The van der Waals surface area contributed by atoms with E-state index in [-0.39, 0.29) is 0 Å². The summed E-state index contributed by atoms with van der Waals surface area (Å²) in [6, 6.07) is 38.7. The molecule has 0 radical (unpaired) electrons. The number of benzene rings is 1. The van der Waals surface area contributed by atoms with Crippen LogP contribution in [0.2, 0.25) is 0 Å². The summed E-state index contributed by atoms with van der Waals surface area (Å²) in [6.45, 7) is 0. The van der Waals surface area contributed by atoms with Gasteiger partial charge >= 0.3 is 0 Å². The molecule has 46 heavy (non-hydrogen) atoms. The fourth-order valence-corrected chi connectivity index (χ4v) is 4.77. The molecule has 0 saturated heterocycles. The predicted molar refractivity (Wildman–Crippen MR) is 180 cm³/mol. The normalized spacial score (nSPS) is 10.3. The first-order valence-electron chi connectivity index (χ1n) is 14.6. The lowest BCUT2D eigenvalue weighted by molar-refractivity contribution is 1.21. The van der Waals surface area contributed by atoms with E-state index in [0.717, 1.165) is 67.8 Å². The number of hydrogen-bond donors (Lipinski definition) is 0. The highest BCUT2D eigenvalue weighted by atomic mass is 14.8. The van der Waals surface area contributed by atoms with Crippen LogP contribution in [0.3, 0.4) is 0 Å². The first kappa shape index (κ1) is 28.0. The number of aromatic nitrogens is 6. The highest BCUT2D eigenvalue weighted by Crippen LogP contribution is 2.24. The molecule has 0 aliphatic carbocycles. The Kier molecular flexibility index (Phi) is 8.08. The van der Waals surface area contributed by atoms with Crippen LogP contribution in [-0.2, 0) is 0 Å². The molecule has 1 aromatic carbocycles. The third-order valence-corrected chi connectivity index (χ3v) is 6.97. The Morgan fingerprint density at radius 1 is 0.304 bits per heavy atom. The number of hydrogen-bond acceptors (Lipinski definition) is 6. The molecular weight excluding hydrogens is 564 g/mol. The Morgan fingerprint density at radius 3 is 0.891 bits per heavy atom. The number of rotatable bonds is 4. The first-order valence-corrected chi connectivity index (χ1v) is 14.6. The second-order valence-corrected chi connectivity index (χ2v) is 10.2. The van der Waals surface area contributed by atoms with Gasteiger partial charge < -0.3 is 0 Å². The van der Waals surface area contributed by atoms with Crippen molar-refractivity contribution in [2.75, 3.05) is 0 Å². The van der Waals surface area contributed by atoms with E-state index in [1.54, 1.807) is 24.8 Å². The highest BCUT2D eigenvalue weighted by Gasteiger charge is 2.10. The van der Waals surface area contributed by atoms with Crippen LogP contribution in [0.25, 0.3) is 45.6 Å². The molecule has 7 aromatic rings. The van der Waals surface area contributed by atoms with Crippen LogP contribution in [0, 0.1) is 23.7 Å². The maximum atomic E-state index is 4.84. The van der Waals surface area contributed by atoms with Crippen molar-refractivity contribution >= 4 is 0 Å². The number of nitrogens with zero attached hydrogens (tertiary/aromatic N) is 6. The topological polar surface area (TPSA) is 77.3 Å². The zero-order valence-electron chi connectivity index (χ0n) is 24.5. The van der Waals surface area contributed by atoms with Gasteiger partial charge in [-0.15, -0.1) is 0 Å². The van der Waals surface area contributed by atoms with Crippen LogP contribution < -0.4 is 0 Å². The first-order chi connectivity index (χ1) is 22.8. The molecule has 0 N–H and O–H groups in total. The molecule has 6 aromatic heterocycles. The summed E-state index contributed by atoms with van der Waals surface area (Å²) in [7, 11) is 0. The molecule has 6 heterocycles. The quantitative estimate of drug-likeness (QED) is 0.198. The van der Waals surface area contributed by atoms with Crippen LogP contribution in [0.5, 0.6) is 0 Å². The zero-order valence-corrected chi connectivity index (χ0v) is 24.5. The van der Waals surface area contributed by atoms with Gasteiger partial charge in [0.2, 0.25) is 0 Å². The van der Waals surface area contributed by atoms with E-state index >= 15 is 0 Å². The van der Waals surface area contributed by atoms with Crippen molar-refractivity contribution in [3.05, 3.63) is 168 Å². The van der Waals surface area contributed by atoms with E-state index in [9.17, 15) is 0 Å². The second-order valence-electron chi connectivity index (χ2n) is 10.2. The molecule has 0 bridgehead atoms. The van der Waals surface area contributed by atoms with Crippen molar-refractivity contribution in [2.24, 2.45) is 0 Å². The maximum Gasteiger partial charge on any atom is 0.0906 e. The zero-order chi connectivity index (χ0) is 31.0. The third kappa shape index (κ3) is 6.58. The molecule has 0 saturated carbocycles. The highest BCUT2D eigenvalue weighted by molar-refractivity contribution is 5.68. The van der Waals surface area contributed by atoms with E-state index in [2.05, 4.69) is 43.6 Å². The molecule has 0 spiro atoms. The smallest absolute Gasteiger partial charge is 0.0906 e. The Balaban J connectivity index is 1.27. The Hall–Kier alpha value is -6.76. The van der Waals surface area contributed by atoms with Crippen LogP contribution in [0.1, 0.15) is 22.3 Å². The molecule has 0 unspecified atom stereocenters. The van der Waals surface area contributed by atoms with Crippen LogP contribution in [0.4, 0.5) is 0 Å². The average molecular weight is 589 g/mol. The van der Waals surface area contributed by atoms with Crippen molar-refractivity contribution < 1.29 is 0 Å². The van der Waals surface area contributed by atoms with Gasteiger partial charge in [0.1, 0.15) is 0 Å². The minimum absolute atomic E-state index is 0.728. The fraction of sp³-hybridized carbons (Fsp3) is 0. The Morgan fingerprint density at radius 2 is 0.609 bits per heavy atom. The van der Waals surface area contributed by atoms with Crippen LogP contribution in [0.15, 0.2) is 146 Å². The fourth-order valence-electron chi connectivity index (χ4n) is 4.77. The van der Waals surface area contributed by atoms with Crippen LogP contribution >= 0.6 is 0 Å². The van der Waals surface area contributed by atoms with E-state index in [1.807, 2.05) is 121 Å². The van der Waals surface area contributed by atoms with Crippen molar-refractivity contribution in [2.45, 2.75) is 0 Å². The predicted octanol–water partition coefficient (Wildman–Crippen LogP) is 7.52. The summed E-state index contributed by atoms with van der Waals surface area (Å²) in [4.78, 5) is 27.7. The minimum atomic E-state index is 0.728. The summed E-state index contributed by atoms with van der Waals surface area (Å²) in [5.41, 5.74) is 9.20. The summed E-state index contributed by atoms with van der Waals surface area (Å²) >= 11 is 0. The number of pyridine rings is 6. The molecule has 6 nitrogen and oxygen atoms in total. The molecule has 6 heteroatoms. The molecule has 7 rings (SSSR count). The SMILES string of the molecule is C(#Cc1ccccc1C#Cc1cc(-c2ccccn2)nc(-c2ccccn2)c1)c1cc(-c2ccccn2)nc(-c2ccccn2)c1. The third-order valence-electron chi connectivity index (χ3n) is 6.97. The van der Waals surface area contributed by atoms with Crippen molar-refractivity contribution in [3.8, 4) is 69.2 Å². The molecule has 214 valence electrons. The van der Waals surface area contributed by atoms with Crippen molar-refractivity contribution in [1.29, 1.82) is 0 Å². The lowest BCUT2D eigenvalue weighted by Gasteiger charge is -2.06. The van der Waals surface area contributed by atoms with Gasteiger partial charge in [0.05, 0.1) is 45.6 Å². The van der Waals surface area contributed by atoms with Gasteiger partial charge in [0, 0.05) is 47.0 Å². The van der Waals surface area contributed by atoms with Gasteiger partial charge in [-0.2, -0.15) is 0 Å². The minimum Gasteiger partial charge on any atom is -0.255 e. The standard InChI is InChI=1S/C40H24N6/c1-2-12-32(20-18-30-27-39(35-15-5-9-23-43-35)46-40(28-30)36-16-6-10-24-44-36)31(11-1)19-17-29-25-37(33-13-3-7-21-41-33)45-38(26-29)34-14-4-8-22-42-34/h1-16,21-28H. The molecule has 0 atom stereocenters. The van der Waals surface area contributed by atoms with E-state index in [1.165, 1.54) is 0 Å².